The highest BCUT2D eigenvalue weighted by Gasteiger charge is 2.46. The Hall–Kier alpha value is -2.24. The molecule has 1 aromatic heterocycles. The van der Waals surface area contributed by atoms with E-state index >= 15 is 0 Å². The van der Waals surface area contributed by atoms with E-state index in [1.807, 2.05) is 0 Å². The number of anilines is 1. The second kappa shape index (κ2) is 31.6. The van der Waals surface area contributed by atoms with Gasteiger partial charge in [0.1, 0.15) is 30.7 Å². The van der Waals surface area contributed by atoms with E-state index in [0.717, 1.165) is 61.9 Å². The van der Waals surface area contributed by atoms with Crippen LogP contribution in [0.2, 0.25) is 0 Å². The van der Waals surface area contributed by atoms with Crippen molar-refractivity contribution in [2.75, 3.05) is 25.6 Å². The second-order valence-corrected chi connectivity index (χ2v) is 20.4. The number of phosphoric acid groups is 2. The molecule has 0 radical (unpaired) electrons. The first-order valence-electron chi connectivity index (χ1n) is 23.3. The zero-order chi connectivity index (χ0) is 46.7. The average molecular weight is 940 g/mol. The number of hydrogen-bond donors (Lipinski definition) is 5. The Morgan fingerprint density at radius 1 is 0.762 bits per heavy atom. The lowest BCUT2D eigenvalue weighted by Gasteiger charge is -2.21. The summed E-state index contributed by atoms with van der Waals surface area (Å²) in [6.45, 7) is 6.71. The van der Waals surface area contributed by atoms with Gasteiger partial charge in [-0.3, -0.25) is 23.2 Å². The third-order valence-electron chi connectivity index (χ3n) is 11.2. The predicted molar refractivity (Wildman–Crippen MR) is 238 cm³/mol. The van der Waals surface area contributed by atoms with E-state index in [1.165, 1.54) is 82.9 Å². The molecular formula is C43H79N3O15P2. The summed E-state index contributed by atoms with van der Waals surface area (Å²) in [4.78, 5) is 61.7. The van der Waals surface area contributed by atoms with Crippen LogP contribution in [0.25, 0.3) is 0 Å². The highest BCUT2D eigenvalue weighted by Crippen LogP contribution is 2.60. The lowest BCUT2D eigenvalue weighted by atomic mass is 9.99. The number of phosphoric ester groups is 2. The second-order valence-electron chi connectivity index (χ2n) is 17.3. The molecule has 366 valence electrons. The number of nitrogens with two attached hydrogens (primary N) is 1. The van der Waals surface area contributed by atoms with E-state index in [9.17, 15) is 43.5 Å². The van der Waals surface area contributed by atoms with Gasteiger partial charge in [0.2, 0.25) is 0 Å². The van der Waals surface area contributed by atoms with Crippen molar-refractivity contribution in [2.45, 2.75) is 206 Å². The zero-order valence-electron chi connectivity index (χ0n) is 38.2. The van der Waals surface area contributed by atoms with E-state index in [1.54, 1.807) is 0 Å². The molecule has 1 saturated heterocycles. The van der Waals surface area contributed by atoms with Gasteiger partial charge in [0.15, 0.2) is 12.3 Å². The third kappa shape index (κ3) is 25.9. The molecule has 1 aromatic rings. The van der Waals surface area contributed by atoms with Gasteiger partial charge >= 0.3 is 33.3 Å². The zero-order valence-corrected chi connectivity index (χ0v) is 40.0. The summed E-state index contributed by atoms with van der Waals surface area (Å²) in [6.07, 6.45) is 16.6. The maximum Gasteiger partial charge on any atom is 0.481 e. The first-order chi connectivity index (χ1) is 29.9. The van der Waals surface area contributed by atoms with E-state index in [0.29, 0.717) is 18.8 Å². The molecule has 2 heterocycles. The number of aliphatic hydroxyl groups is 2. The summed E-state index contributed by atoms with van der Waals surface area (Å²) < 4.78 is 56.6. The molecule has 63 heavy (non-hydrogen) atoms. The topological polar surface area (TPSA) is 265 Å². The maximum atomic E-state index is 12.8. The Bertz CT molecular complexity index is 1580. The number of unbranched alkanes of at least 4 members (excludes halogenated alkanes) is 16. The van der Waals surface area contributed by atoms with Crippen molar-refractivity contribution in [1.82, 2.24) is 9.55 Å². The number of aromatic nitrogens is 2. The van der Waals surface area contributed by atoms with Crippen LogP contribution in [0.4, 0.5) is 5.82 Å². The lowest BCUT2D eigenvalue weighted by molar-refractivity contribution is -0.161. The molecule has 0 spiro atoms. The van der Waals surface area contributed by atoms with Crippen LogP contribution >= 0.6 is 15.6 Å². The highest BCUT2D eigenvalue weighted by atomic mass is 31.3. The Kier molecular flexibility index (Phi) is 28.6. The standard InChI is InChI=1S/C43H79N3O15P2/c1-5-34(4)25-21-17-13-8-6-7-9-14-18-22-26-38(47)56-30-35(59-39(48)27-23-19-15-11-10-12-16-20-24-33(2)3)31-57-62(52,53)61-63(54,55)58-32-36-40(49)41(50)42(60-36)46-29-28-37(44)45-43(46)51/h28-29,33-36,40-42,49-50H,5-27,30-32H2,1-4H3,(H,52,53)(H,54,55)(H2,44,45,51)/t34?,35-,36-,40+,41?,42-/m1/s1. The van der Waals surface area contributed by atoms with Crippen molar-refractivity contribution in [3.63, 3.8) is 0 Å². The number of ether oxygens (including phenoxy) is 3. The molecule has 1 aliphatic rings. The number of nitrogen functional groups attached to an aromatic ring is 1. The molecule has 4 unspecified atom stereocenters. The minimum atomic E-state index is -5.41. The van der Waals surface area contributed by atoms with Crippen molar-refractivity contribution < 1.29 is 66.3 Å². The Morgan fingerprint density at radius 2 is 1.27 bits per heavy atom. The first kappa shape index (κ1) is 56.9. The Morgan fingerprint density at radius 3 is 1.81 bits per heavy atom. The summed E-state index contributed by atoms with van der Waals surface area (Å²) in [5, 5.41) is 20.9. The summed E-state index contributed by atoms with van der Waals surface area (Å²) in [6, 6.07) is 1.25. The fourth-order valence-electron chi connectivity index (χ4n) is 7.12. The number of esters is 2. The smallest absolute Gasteiger partial charge is 0.462 e. The highest BCUT2D eigenvalue weighted by molar-refractivity contribution is 7.61. The molecule has 0 saturated carbocycles. The molecule has 1 fully saturated rings. The molecule has 20 heteroatoms. The number of hydrogen-bond acceptors (Lipinski definition) is 15. The van der Waals surface area contributed by atoms with Crippen LogP contribution in [-0.4, -0.2) is 85.7 Å². The molecule has 18 nitrogen and oxygen atoms in total. The fraction of sp³-hybridized carbons (Fsp3) is 0.860. The monoisotopic (exact) mass is 939 g/mol. The van der Waals surface area contributed by atoms with Crippen LogP contribution in [0, 0.1) is 11.8 Å². The first-order valence-corrected chi connectivity index (χ1v) is 26.3. The predicted octanol–water partition coefficient (Wildman–Crippen LogP) is 8.43. The summed E-state index contributed by atoms with van der Waals surface area (Å²) in [7, 11) is -10.8. The summed E-state index contributed by atoms with van der Waals surface area (Å²) in [5.41, 5.74) is 4.58. The van der Waals surface area contributed by atoms with Crippen LogP contribution in [0.15, 0.2) is 17.1 Å². The molecular weight excluding hydrogens is 860 g/mol. The number of rotatable bonds is 37. The van der Waals surface area contributed by atoms with Gasteiger partial charge in [-0.25, -0.2) is 13.9 Å². The lowest BCUT2D eigenvalue weighted by Crippen LogP contribution is -2.36. The fourth-order valence-corrected chi connectivity index (χ4v) is 9.23. The van der Waals surface area contributed by atoms with E-state index in [-0.39, 0.29) is 18.7 Å². The maximum absolute atomic E-state index is 12.8. The molecule has 6 N–H and O–H groups in total. The van der Waals surface area contributed by atoms with Gasteiger partial charge < -0.3 is 39.9 Å². The minimum absolute atomic E-state index is 0.0537. The van der Waals surface area contributed by atoms with Gasteiger partial charge in [-0.15, -0.1) is 0 Å². The molecule has 0 bridgehead atoms. The number of aliphatic hydroxyl groups excluding tert-OH is 2. The van der Waals surface area contributed by atoms with Crippen LogP contribution in [0.5, 0.6) is 0 Å². The molecule has 0 aliphatic carbocycles. The Balaban J connectivity index is 1.83. The molecule has 0 amide bonds. The number of carbonyl (C=O) groups excluding carboxylic acids is 2. The summed E-state index contributed by atoms with van der Waals surface area (Å²) in [5.74, 6) is 0.232. The number of carbonyl (C=O) groups is 2. The molecule has 2 rings (SSSR count). The van der Waals surface area contributed by atoms with Gasteiger partial charge in [0.05, 0.1) is 13.2 Å². The summed E-state index contributed by atoms with van der Waals surface area (Å²) >= 11 is 0. The number of nitrogens with zero attached hydrogens (tertiary/aromatic N) is 2. The van der Waals surface area contributed by atoms with Crippen molar-refractivity contribution in [3.05, 3.63) is 22.7 Å². The molecule has 8 atom stereocenters. The van der Waals surface area contributed by atoms with Gasteiger partial charge in [-0.1, -0.05) is 150 Å². The van der Waals surface area contributed by atoms with Crippen LogP contribution in [-0.2, 0) is 46.3 Å². The van der Waals surface area contributed by atoms with Crippen molar-refractivity contribution >= 4 is 33.4 Å². The van der Waals surface area contributed by atoms with Gasteiger partial charge in [-0.05, 0) is 30.7 Å². The van der Waals surface area contributed by atoms with Crippen LogP contribution < -0.4 is 11.4 Å². The van der Waals surface area contributed by atoms with Crippen molar-refractivity contribution in [3.8, 4) is 0 Å². The Labute approximate surface area is 374 Å². The molecule has 1 aliphatic heterocycles. The minimum Gasteiger partial charge on any atom is -0.462 e. The largest absolute Gasteiger partial charge is 0.481 e. The normalized spacial score (nSPS) is 20.6. The van der Waals surface area contributed by atoms with Crippen LogP contribution in [0.1, 0.15) is 182 Å². The SMILES string of the molecule is CCC(C)CCCCCCCCCCCCC(=O)OC[C@H](COP(=O)(O)OP(=O)(O)OC[C@H]1O[C@@H](n2ccc(N)nc2=O)C(O)[C@H]1O)OC(=O)CCCCCCCCCCC(C)C. The van der Waals surface area contributed by atoms with Gasteiger partial charge in [0, 0.05) is 19.0 Å². The van der Waals surface area contributed by atoms with Gasteiger partial charge in [0.25, 0.3) is 0 Å². The third-order valence-corrected chi connectivity index (χ3v) is 13.8. The van der Waals surface area contributed by atoms with E-state index in [2.05, 4.69) is 37.0 Å². The van der Waals surface area contributed by atoms with Gasteiger partial charge in [-0.2, -0.15) is 9.29 Å². The van der Waals surface area contributed by atoms with Crippen molar-refractivity contribution in [2.24, 2.45) is 11.8 Å². The van der Waals surface area contributed by atoms with Crippen LogP contribution in [0.3, 0.4) is 0 Å². The molecule has 0 aromatic carbocycles. The van der Waals surface area contributed by atoms with E-state index < -0.39 is 83.7 Å². The van der Waals surface area contributed by atoms with Crippen molar-refractivity contribution in [1.29, 1.82) is 0 Å². The van der Waals surface area contributed by atoms with E-state index in [4.69, 9.17) is 29.0 Å². The average Bonchev–Trinajstić information content (AvgIpc) is 3.50. The quantitative estimate of drug-likeness (QED) is 0.0238.